The highest BCUT2D eigenvalue weighted by Crippen LogP contribution is 2.39. The fraction of sp³-hybridized carbons (Fsp3) is 0.579. The largest absolute Gasteiger partial charge is 0.493 e. The molecule has 6 heteroatoms. The molecule has 0 bridgehead atoms. The Morgan fingerprint density at radius 3 is 2.36 bits per heavy atom. The highest BCUT2D eigenvalue weighted by Gasteiger charge is 2.48. The highest BCUT2D eigenvalue weighted by atomic mass is 16.5. The van der Waals surface area contributed by atoms with Gasteiger partial charge in [-0.15, -0.1) is 0 Å². The smallest absolute Gasteiger partial charge is 0.311 e. The van der Waals surface area contributed by atoms with Gasteiger partial charge in [0.05, 0.1) is 18.6 Å². The van der Waals surface area contributed by atoms with Crippen molar-refractivity contribution in [3.8, 4) is 11.5 Å². The highest BCUT2D eigenvalue weighted by molar-refractivity contribution is 5.95. The van der Waals surface area contributed by atoms with Crippen molar-refractivity contribution in [1.29, 1.82) is 0 Å². The molecule has 138 valence electrons. The first-order valence-electron chi connectivity index (χ1n) is 8.58. The van der Waals surface area contributed by atoms with E-state index < -0.39 is 11.4 Å². The fourth-order valence-corrected chi connectivity index (χ4v) is 3.23. The third-order valence-corrected chi connectivity index (χ3v) is 4.89. The van der Waals surface area contributed by atoms with Crippen LogP contribution in [0.25, 0.3) is 0 Å². The maximum absolute atomic E-state index is 12.8. The lowest BCUT2D eigenvalue weighted by Crippen LogP contribution is -2.40. The van der Waals surface area contributed by atoms with E-state index >= 15 is 0 Å². The van der Waals surface area contributed by atoms with Crippen molar-refractivity contribution in [3.63, 3.8) is 0 Å². The molecule has 1 unspecified atom stereocenters. The van der Waals surface area contributed by atoms with Gasteiger partial charge in [0, 0.05) is 18.7 Å². The van der Waals surface area contributed by atoms with Crippen LogP contribution in [-0.4, -0.2) is 48.2 Å². The number of carboxylic acid groups (broad SMARTS) is 1. The zero-order valence-electron chi connectivity index (χ0n) is 15.5. The van der Waals surface area contributed by atoms with Gasteiger partial charge in [-0.05, 0) is 44.4 Å². The van der Waals surface area contributed by atoms with E-state index in [1.807, 2.05) is 27.7 Å². The molecule has 1 heterocycles. The van der Waals surface area contributed by atoms with E-state index in [1.54, 1.807) is 23.1 Å². The molecular formula is C19H27NO5. The van der Waals surface area contributed by atoms with Gasteiger partial charge < -0.3 is 19.5 Å². The van der Waals surface area contributed by atoms with Crippen LogP contribution in [0.3, 0.4) is 0 Å². The van der Waals surface area contributed by atoms with Crippen LogP contribution in [0.5, 0.6) is 11.5 Å². The van der Waals surface area contributed by atoms with E-state index in [4.69, 9.17) is 9.47 Å². The van der Waals surface area contributed by atoms with Crippen LogP contribution in [0.1, 0.15) is 44.5 Å². The first-order chi connectivity index (χ1) is 11.7. The number of hydrogen-bond donors (Lipinski definition) is 1. The Labute approximate surface area is 148 Å². The summed E-state index contributed by atoms with van der Waals surface area (Å²) < 4.78 is 11.0. The third kappa shape index (κ3) is 3.72. The number of hydrogen-bond acceptors (Lipinski definition) is 4. The molecule has 1 saturated heterocycles. The second kappa shape index (κ2) is 7.33. The second-order valence-corrected chi connectivity index (χ2v) is 7.12. The van der Waals surface area contributed by atoms with Crippen molar-refractivity contribution in [1.82, 2.24) is 4.90 Å². The number of ether oxygens (including phenoxy) is 2. The number of likely N-dealkylation sites (tertiary alicyclic amines) is 1. The molecule has 1 N–H and O–H groups in total. The molecule has 0 aliphatic carbocycles. The Kier molecular flexibility index (Phi) is 5.60. The normalized spacial score (nSPS) is 20.2. The van der Waals surface area contributed by atoms with Crippen molar-refractivity contribution in [3.05, 3.63) is 23.8 Å². The van der Waals surface area contributed by atoms with Gasteiger partial charge in [0.2, 0.25) is 0 Å². The number of amides is 1. The quantitative estimate of drug-likeness (QED) is 0.854. The van der Waals surface area contributed by atoms with E-state index in [2.05, 4.69) is 0 Å². The molecule has 1 aliphatic rings. The average Bonchev–Trinajstić information content (AvgIpc) is 3.01. The van der Waals surface area contributed by atoms with Gasteiger partial charge >= 0.3 is 5.97 Å². The molecule has 0 saturated carbocycles. The zero-order valence-corrected chi connectivity index (χ0v) is 15.5. The summed E-state index contributed by atoms with van der Waals surface area (Å²) in [6.45, 7) is 8.29. The van der Waals surface area contributed by atoms with Gasteiger partial charge in [0.25, 0.3) is 5.91 Å². The Morgan fingerprint density at radius 1 is 1.20 bits per heavy atom. The van der Waals surface area contributed by atoms with E-state index in [1.165, 1.54) is 7.11 Å². The molecule has 0 spiro atoms. The standard InChI is InChI=1S/C19H27NO5/c1-12(2)19(18(22)23)8-9-20(11-19)17(21)14-6-7-15(25-13(3)4)16(10-14)24-5/h6-7,10,12-13H,8-9,11H2,1-5H3,(H,22,23). The van der Waals surface area contributed by atoms with Crippen LogP contribution in [0, 0.1) is 11.3 Å². The molecule has 0 aromatic heterocycles. The molecule has 1 atom stereocenters. The van der Waals surface area contributed by atoms with Crippen LogP contribution < -0.4 is 9.47 Å². The first-order valence-corrected chi connectivity index (χ1v) is 8.58. The number of aliphatic carboxylic acids is 1. The zero-order chi connectivity index (χ0) is 18.8. The summed E-state index contributed by atoms with van der Waals surface area (Å²) in [5, 5.41) is 9.63. The number of benzene rings is 1. The lowest BCUT2D eigenvalue weighted by Gasteiger charge is -2.28. The van der Waals surface area contributed by atoms with Crippen LogP contribution >= 0.6 is 0 Å². The second-order valence-electron chi connectivity index (χ2n) is 7.12. The molecule has 2 rings (SSSR count). The van der Waals surface area contributed by atoms with Crippen LogP contribution in [0.2, 0.25) is 0 Å². The van der Waals surface area contributed by atoms with Crippen molar-refractivity contribution < 1.29 is 24.2 Å². The van der Waals surface area contributed by atoms with Gasteiger partial charge in [-0.2, -0.15) is 0 Å². The monoisotopic (exact) mass is 349 g/mol. The van der Waals surface area contributed by atoms with Crippen LogP contribution in [0.4, 0.5) is 0 Å². The number of methoxy groups -OCH3 is 1. The summed E-state index contributed by atoms with van der Waals surface area (Å²) in [6.07, 6.45) is 0.466. The lowest BCUT2D eigenvalue weighted by atomic mass is 9.76. The molecule has 1 amide bonds. The van der Waals surface area contributed by atoms with Crippen molar-refractivity contribution in [2.75, 3.05) is 20.2 Å². The number of carbonyl (C=O) groups excluding carboxylic acids is 1. The maximum Gasteiger partial charge on any atom is 0.311 e. The minimum atomic E-state index is -0.875. The molecule has 0 radical (unpaired) electrons. The molecule has 1 aliphatic heterocycles. The van der Waals surface area contributed by atoms with Gasteiger partial charge in [-0.1, -0.05) is 13.8 Å². The summed E-state index contributed by atoms with van der Waals surface area (Å²) in [5.41, 5.74) is -0.404. The van der Waals surface area contributed by atoms with Crippen LogP contribution in [-0.2, 0) is 4.79 Å². The summed E-state index contributed by atoms with van der Waals surface area (Å²) in [5.74, 6) is 0.0121. The summed E-state index contributed by atoms with van der Waals surface area (Å²) in [7, 11) is 1.53. The van der Waals surface area contributed by atoms with Gasteiger partial charge in [0.1, 0.15) is 0 Å². The average molecular weight is 349 g/mol. The Hall–Kier alpha value is -2.24. The lowest BCUT2D eigenvalue weighted by molar-refractivity contribution is -0.150. The topological polar surface area (TPSA) is 76.1 Å². The minimum absolute atomic E-state index is 0.00346. The predicted octanol–water partition coefficient (Wildman–Crippen LogP) is 3.06. The van der Waals surface area contributed by atoms with E-state index in [-0.39, 0.29) is 24.5 Å². The number of rotatable bonds is 6. The SMILES string of the molecule is COc1cc(C(=O)N2CCC(C(=O)O)(C(C)C)C2)ccc1OC(C)C. The first kappa shape index (κ1) is 19.1. The summed E-state index contributed by atoms with van der Waals surface area (Å²) in [6, 6.07) is 5.06. The molecule has 25 heavy (non-hydrogen) atoms. The van der Waals surface area contributed by atoms with Crippen molar-refractivity contribution in [2.45, 2.75) is 40.2 Å². The van der Waals surface area contributed by atoms with Gasteiger partial charge in [0.15, 0.2) is 11.5 Å². The van der Waals surface area contributed by atoms with Gasteiger partial charge in [-0.25, -0.2) is 0 Å². The van der Waals surface area contributed by atoms with Crippen LogP contribution in [0.15, 0.2) is 18.2 Å². The summed E-state index contributed by atoms with van der Waals surface area (Å²) in [4.78, 5) is 26.2. The Balaban J connectivity index is 2.23. The fourth-order valence-electron chi connectivity index (χ4n) is 3.23. The molecular weight excluding hydrogens is 322 g/mol. The van der Waals surface area contributed by atoms with E-state index in [0.29, 0.717) is 30.0 Å². The number of carbonyl (C=O) groups is 2. The Morgan fingerprint density at radius 2 is 1.88 bits per heavy atom. The summed E-state index contributed by atoms with van der Waals surface area (Å²) >= 11 is 0. The number of nitrogens with zero attached hydrogens (tertiary/aromatic N) is 1. The predicted molar refractivity (Wildman–Crippen MR) is 94.2 cm³/mol. The molecule has 1 fully saturated rings. The van der Waals surface area contributed by atoms with Crippen molar-refractivity contribution in [2.24, 2.45) is 11.3 Å². The molecule has 1 aromatic carbocycles. The van der Waals surface area contributed by atoms with E-state index in [0.717, 1.165) is 0 Å². The van der Waals surface area contributed by atoms with Gasteiger partial charge in [-0.3, -0.25) is 9.59 Å². The Bertz CT molecular complexity index is 655. The minimum Gasteiger partial charge on any atom is -0.493 e. The maximum atomic E-state index is 12.8. The molecule has 1 aromatic rings. The number of carboxylic acids is 1. The van der Waals surface area contributed by atoms with Crippen molar-refractivity contribution >= 4 is 11.9 Å². The van der Waals surface area contributed by atoms with E-state index in [9.17, 15) is 14.7 Å². The third-order valence-electron chi connectivity index (χ3n) is 4.89. The molecule has 6 nitrogen and oxygen atoms in total.